The third-order valence-corrected chi connectivity index (χ3v) is 7.54. The second kappa shape index (κ2) is 10.5. The highest BCUT2D eigenvalue weighted by molar-refractivity contribution is 7.92. The van der Waals surface area contributed by atoms with Crippen LogP contribution in [0.15, 0.2) is 48.5 Å². The van der Waals surface area contributed by atoms with Crippen molar-refractivity contribution >= 4 is 39.2 Å². The lowest BCUT2D eigenvalue weighted by Crippen LogP contribution is -2.42. The lowest BCUT2D eigenvalue weighted by molar-refractivity contribution is -0.148. The first-order chi connectivity index (χ1) is 16.7. The second-order valence-corrected chi connectivity index (χ2v) is 10.8. The van der Waals surface area contributed by atoms with Crippen LogP contribution < -0.4 is 9.62 Å². The third kappa shape index (κ3) is 6.00. The van der Waals surface area contributed by atoms with Gasteiger partial charge in [-0.2, -0.15) is 0 Å². The van der Waals surface area contributed by atoms with Crippen molar-refractivity contribution in [2.75, 3.05) is 42.1 Å². The Kier molecular flexibility index (Phi) is 7.39. The molecule has 2 aliphatic heterocycles. The van der Waals surface area contributed by atoms with Gasteiger partial charge in [-0.05, 0) is 61.6 Å². The first-order valence-electron chi connectivity index (χ1n) is 11.6. The van der Waals surface area contributed by atoms with E-state index >= 15 is 0 Å². The Balaban J connectivity index is 1.27. The standard InChI is InChI=1S/C25H29N3O6S/c1-35(32,33)28-13-5-6-19-16-20(9-10-22(19)28)23(29)17-34-24(30)18-11-14-27(15-12-18)25(31)26-21-7-3-2-4-8-21/h2-4,7-10,16,18H,5-6,11-15,17H2,1H3,(H,26,31). The van der Waals surface area contributed by atoms with Crippen LogP contribution in [-0.4, -0.2) is 63.6 Å². The summed E-state index contributed by atoms with van der Waals surface area (Å²) in [7, 11) is -3.38. The topological polar surface area (TPSA) is 113 Å². The zero-order chi connectivity index (χ0) is 25.0. The molecule has 4 rings (SSSR count). The molecule has 2 amide bonds. The third-order valence-electron chi connectivity index (χ3n) is 6.36. The molecule has 0 atom stereocenters. The van der Waals surface area contributed by atoms with Crippen molar-refractivity contribution in [3.63, 3.8) is 0 Å². The van der Waals surface area contributed by atoms with Gasteiger partial charge in [0, 0.05) is 30.9 Å². The maximum atomic E-state index is 12.6. The summed E-state index contributed by atoms with van der Waals surface area (Å²) in [6, 6.07) is 13.9. The molecule has 2 heterocycles. The number of nitrogens with zero attached hydrogens (tertiary/aromatic N) is 2. The van der Waals surface area contributed by atoms with Gasteiger partial charge in [-0.25, -0.2) is 13.2 Å². The number of ether oxygens (including phenoxy) is 1. The number of piperidine rings is 1. The zero-order valence-corrected chi connectivity index (χ0v) is 20.4. The summed E-state index contributed by atoms with van der Waals surface area (Å²) in [6.45, 7) is 0.896. The monoisotopic (exact) mass is 499 g/mol. The van der Waals surface area contributed by atoms with Crippen LogP contribution in [0.1, 0.15) is 35.2 Å². The van der Waals surface area contributed by atoms with Crippen LogP contribution in [-0.2, 0) is 26.0 Å². The van der Waals surface area contributed by atoms with Gasteiger partial charge in [0.1, 0.15) is 0 Å². The minimum Gasteiger partial charge on any atom is -0.457 e. The largest absolute Gasteiger partial charge is 0.457 e. The van der Waals surface area contributed by atoms with Gasteiger partial charge in [-0.1, -0.05) is 18.2 Å². The van der Waals surface area contributed by atoms with E-state index in [1.165, 1.54) is 10.6 Å². The number of likely N-dealkylation sites (tertiary alicyclic amines) is 1. The van der Waals surface area contributed by atoms with Crippen molar-refractivity contribution in [3.8, 4) is 0 Å². The maximum Gasteiger partial charge on any atom is 0.321 e. The number of anilines is 2. The number of Topliss-reactive ketones (excluding diaryl/α,β-unsaturated/α-hetero) is 1. The van der Waals surface area contributed by atoms with Crippen molar-refractivity contribution in [2.45, 2.75) is 25.7 Å². The summed E-state index contributed by atoms with van der Waals surface area (Å²) in [5, 5.41) is 2.84. The van der Waals surface area contributed by atoms with Crippen LogP contribution >= 0.6 is 0 Å². The van der Waals surface area contributed by atoms with Crippen molar-refractivity contribution in [1.82, 2.24) is 4.90 Å². The van der Waals surface area contributed by atoms with Gasteiger partial charge in [-0.15, -0.1) is 0 Å². The van der Waals surface area contributed by atoms with E-state index in [2.05, 4.69) is 5.32 Å². The highest BCUT2D eigenvalue weighted by atomic mass is 32.2. The molecule has 1 saturated heterocycles. The fraction of sp³-hybridized carbons (Fsp3) is 0.400. The molecule has 0 aromatic heterocycles. The van der Waals surface area contributed by atoms with E-state index in [1.807, 2.05) is 30.3 Å². The van der Waals surface area contributed by atoms with Crippen LogP contribution in [0, 0.1) is 5.92 Å². The molecule has 0 spiro atoms. The van der Waals surface area contributed by atoms with Crippen molar-refractivity contribution in [3.05, 3.63) is 59.7 Å². The average molecular weight is 500 g/mol. The number of esters is 1. The number of hydrogen-bond donors (Lipinski definition) is 1. The fourth-order valence-corrected chi connectivity index (χ4v) is 5.46. The number of nitrogens with one attached hydrogen (secondary N) is 1. The molecule has 0 aliphatic carbocycles. The predicted octanol–water partition coefficient (Wildman–Crippen LogP) is 3.07. The molecule has 0 bridgehead atoms. The highest BCUT2D eigenvalue weighted by Crippen LogP contribution is 2.30. The number of carbonyl (C=O) groups excluding carboxylic acids is 3. The van der Waals surface area contributed by atoms with E-state index in [0.717, 1.165) is 5.56 Å². The number of sulfonamides is 1. The first-order valence-corrected chi connectivity index (χ1v) is 13.5. The Morgan fingerprint density at radius 2 is 1.74 bits per heavy atom. The number of amides is 2. The number of aryl methyl sites for hydroxylation is 1. The van der Waals surface area contributed by atoms with Crippen molar-refractivity contribution < 1.29 is 27.5 Å². The normalized spacial score (nSPS) is 16.4. The molecule has 1 fully saturated rings. The number of fused-ring (bicyclic) bond motifs is 1. The summed E-state index contributed by atoms with van der Waals surface area (Å²) in [6.07, 6.45) is 3.46. The van der Waals surface area contributed by atoms with E-state index in [1.54, 1.807) is 23.1 Å². The van der Waals surface area contributed by atoms with Gasteiger partial charge in [0.15, 0.2) is 12.4 Å². The molecule has 0 unspecified atom stereocenters. The van der Waals surface area contributed by atoms with E-state index in [-0.39, 0.29) is 24.3 Å². The Labute approximate surface area is 205 Å². The number of carbonyl (C=O) groups is 3. The van der Waals surface area contributed by atoms with Crippen LogP contribution in [0.5, 0.6) is 0 Å². The smallest absolute Gasteiger partial charge is 0.321 e. The molecule has 2 aromatic rings. The Hall–Kier alpha value is -3.40. The summed E-state index contributed by atoms with van der Waals surface area (Å²) in [4.78, 5) is 39.2. The Bertz CT molecular complexity index is 1210. The summed E-state index contributed by atoms with van der Waals surface area (Å²) < 4.78 is 30.7. The molecule has 186 valence electrons. The van der Waals surface area contributed by atoms with E-state index in [9.17, 15) is 22.8 Å². The molecule has 2 aromatic carbocycles. The van der Waals surface area contributed by atoms with Gasteiger partial charge in [0.05, 0.1) is 17.9 Å². The van der Waals surface area contributed by atoms with Gasteiger partial charge < -0.3 is 15.0 Å². The van der Waals surface area contributed by atoms with Crippen LogP contribution in [0.25, 0.3) is 0 Å². The molecule has 10 heteroatoms. The quantitative estimate of drug-likeness (QED) is 0.483. The number of benzene rings is 2. The summed E-state index contributed by atoms with van der Waals surface area (Å²) in [5.41, 5.74) is 2.48. The predicted molar refractivity (Wildman–Crippen MR) is 132 cm³/mol. The lowest BCUT2D eigenvalue weighted by atomic mass is 9.97. The molecule has 0 radical (unpaired) electrons. The van der Waals surface area contributed by atoms with E-state index < -0.39 is 16.0 Å². The number of para-hydroxylation sites is 1. The zero-order valence-electron chi connectivity index (χ0n) is 19.6. The molecular weight excluding hydrogens is 470 g/mol. The molecule has 0 saturated carbocycles. The molecule has 9 nitrogen and oxygen atoms in total. The fourth-order valence-electron chi connectivity index (χ4n) is 4.46. The first kappa shape index (κ1) is 24.7. The van der Waals surface area contributed by atoms with E-state index in [0.29, 0.717) is 62.3 Å². The molecule has 2 aliphatic rings. The van der Waals surface area contributed by atoms with Crippen molar-refractivity contribution in [1.29, 1.82) is 0 Å². The van der Waals surface area contributed by atoms with Crippen LogP contribution in [0.2, 0.25) is 0 Å². The van der Waals surface area contributed by atoms with Crippen molar-refractivity contribution in [2.24, 2.45) is 5.92 Å². The average Bonchev–Trinajstić information content (AvgIpc) is 2.86. The second-order valence-electron chi connectivity index (χ2n) is 8.87. The number of ketones is 1. The number of rotatable bonds is 6. The Morgan fingerprint density at radius 1 is 1.03 bits per heavy atom. The van der Waals surface area contributed by atoms with Crippen LogP contribution in [0.3, 0.4) is 0 Å². The van der Waals surface area contributed by atoms with Gasteiger partial charge >= 0.3 is 12.0 Å². The van der Waals surface area contributed by atoms with Crippen LogP contribution in [0.4, 0.5) is 16.2 Å². The minimum absolute atomic E-state index is 0.208. The van der Waals surface area contributed by atoms with Gasteiger partial charge in [0.2, 0.25) is 10.0 Å². The SMILES string of the molecule is CS(=O)(=O)N1CCCc2cc(C(=O)COC(=O)C3CCN(C(=O)Nc4ccccc4)CC3)ccc21. The minimum atomic E-state index is -3.38. The van der Waals surface area contributed by atoms with Gasteiger partial charge in [-0.3, -0.25) is 13.9 Å². The number of urea groups is 1. The Morgan fingerprint density at radius 3 is 2.43 bits per heavy atom. The molecular formula is C25H29N3O6S. The number of hydrogen-bond acceptors (Lipinski definition) is 6. The summed E-state index contributed by atoms with van der Waals surface area (Å²) >= 11 is 0. The highest BCUT2D eigenvalue weighted by Gasteiger charge is 2.29. The summed E-state index contributed by atoms with van der Waals surface area (Å²) in [5.74, 6) is -1.14. The lowest BCUT2D eigenvalue weighted by Gasteiger charge is -2.31. The van der Waals surface area contributed by atoms with Gasteiger partial charge in [0.25, 0.3) is 0 Å². The molecule has 35 heavy (non-hydrogen) atoms. The maximum absolute atomic E-state index is 12.6. The molecule has 1 N–H and O–H groups in total. The van der Waals surface area contributed by atoms with E-state index in [4.69, 9.17) is 4.74 Å².